The van der Waals surface area contributed by atoms with Gasteiger partial charge in [0.15, 0.2) is 0 Å². The fourth-order valence-electron chi connectivity index (χ4n) is 1.54. The Morgan fingerprint density at radius 3 is 2.57 bits per heavy atom. The van der Waals surface area contributed by atoms with Crippen LogP contribution in [-0.2, 0) is 6.42 Å². The van der Waals surface area contributed by atoms with Crippen LogP contribution < -0.4 is 5.73 Å². The second-order valence-corrected chi connectivity index (χ2v) is 4.12. The van der Waals surface area contributed by atoms with Crippen LogP contribution >= 0.6 is 0 Å². The maximum atomic E-state index is 11.2. The Kier molecular flexibility index (Phi) is 3.28. The van der Waals surface area contributed by atoms with Crippen molar-refractivity contribution < 1.29 is 4.79 Å². The Morgan fingerprint density at radius 2 is 2.07 bits per heavy atom. The summed E-state index contributed by atoms with van der Waals surface area (Å²) in [4.78, 5) is 11.2. The summed E-state index contributed by atoms with van der Waals surface area (Å²) in [5.41, 5.74) is 8.11. The van der Waals surface area contributed by atoms with Crippen molar-refractivity contribution in [2.45, 2.75) is 27.2 Å². The molecule has 1 aromatic rings. The Labute approximate surface area is 85.1 Å². The van der Waals surface area contributed by atoms with E-state index in [0.717, 1.165) is 17.5 Å². The molecule has 0 aromatic heterocycles. The number of rotatable bonds is 3. The zero-order valence-corrected chi connectivity index (χ0v) is 9.00. The lowest BCUT2D eigenvalue weighted by Gasteiger charge is -2.09. The van der Waals surface area contributed by atoms with Gasteiger partial charge in [0, 0.05) is 5.56 Å². The Balaban J connectivity index is 3.08. The summed E-state index contributed by atoms with van der Waals surface area (Å²) in [7, 11) is 0. The molecule has 2 heteroatoms. The predicted octanol–water partition coefficient (Wildman–Crippen LogP) is 2.29. The van der Waals surface area contributed by atoms with Crippen LogP contribution in [0.3, 0.4) is 0 Å². The lowest BCUT2D eigenvalue weighted by Crippen LogP contribution is -2.14. The van der Waals surface area contributed by atoms with E-state index in [1.165, 1.54) is 0 Å². The maximum Gasteiger partial charge on any atom is 0.248 e. The highest BCUT2D eigenvalue weighted by atomic mass is 16.1. The number of aryl methyl sites for hydroxylation is 1. The average molecular weight is 191 g/mol. The fourth-order valence-corrected chi connectivity index (χ4v) is 1.54. The molecule has 0 atom stereocenters. The van der Waals surface area contributed by atoms with E-state index in [1.54, 1.807) is 0 Å². The van der Waals surface area contributed by atoms with Crippen molar-refractivity contribution in [2.75, 3.05) is 0 Å². The number of carbonyl (C=O) groups is 1. The standard InChI is InChI=1S/C12H17NO/c1-8(2)6-10-5-4-9(3)7-11(10)12(13)14/h4-5,7-8H,6H2,1-3H3,(H2,13,14). The van der Waals surface area contributed by atoms with Gasteiger partial charge in [-0.2, -0.15) is 0 Å². The van der Waals surface area contributed by atoms with Crippen LogP contribution in [0.1, 0.15) is 35.3 Å². The number of carbonyl (C=O) groups excluding carboxylic acids is 1. The number of benzene rings is 1. The number of hydrogen-bond acceptors (Lipinski definition) is 1. The molecule has 0 unspecified atom stereocenters. The first kappa shape index (κ1) is 10.8. The molecule has 0 bridgehead atoms. The van der Waals surface area contributed by atoms with E-state index in [1.807, 2.05) is 25.1 Å². The summed E-state index contributed by atoms with van der Waals surface area (Å²) in [6.07, 6.45) is 0.901. The summed E-state index contributed by atoms with van der Waals surface area (Å²) in [5.74, 6) is 0.208. The molecule has 0 saturated heterocycles. The molecule has 0 fully saturated rings. The van der Waals surface area contributed by atoms with E-state index in [-0.39, 0.29) is 5.91 Å². The first-order valence-corrected chi connectivity index (χ1v) is 4.90. The van der Waals surface area contributed by atoms with Crippen molar-refractivity contribution in [3.8, 4) is 0 Å². The molecule has 0 radical (unpaired) electrons. The summed E-state index contributed by atoms with van der Waals surface area (Å²) in [6.45, 7) is 6.22. The van der Waals surface area contributed by atoms with Crippen LogP contribution in [-0.4, -0.2) is 5.91 Å². The van der Waals surface area contributed by atoms with E-state index < -0.39 is 0 Å². The lowest BCUT2D eigenvalue weighted by molar-refractivity contribution is 0.0999. The highest BCUT2D eigenvalue weighted by Crippen LogP contribution is 2.15. The van der Waals surface area contributed by atoms with Crippen molar-refractivity contribution in [3.63, 3.8) is 0 Å². The molecular formula is C12H17NO. The van der Waals surface area contributed by atoms with E-state index in [2.05, 4.69) is 13.8 Å². The number of primary amides is 1. The average Bonchev–Trinajstić information content (AvgIpc) is 2.07. The smallest absolute Gasteiger partial charge is 0.248 e. The molecule has 76 valence electrons. The van der Waals surface area contributed by atoms with Gasteiger partial charge in [-0.15, -0.1) is 0 Å². The highest BCUT2D eigenvalue weighted by Gasteiger charge is 2.09. The highest BCUT2D eigenvalue weighted by molar-refractivity contribution is 5.94. The second kappa shape index (κ2) is 4.27. The maximum absolute atomic E-state index is 11.2. The quantitative estimate of drug-likeness (QED) is 0.782. The van der Waals surface area contributed by atoms with Gasteiger partial charge >= 0.3 is 0 Å². The molecule has 0 heterocycles. The first-order chi connectivity index (χ1) is 6.50. The Bertz CT molecular complexity index is 342. The molecule has 0 spiro atoms. The van der Waals surface area contributed by atoms with Crippen molar-refractivity contribution >= 4 is 5.91 Å². The molecule has 2 nitrogen and oxygen atoms in total. The summed E-state index contributed by atoms with van der Waals surface area (Å²) in [5, 5.41) is 0. The molecule has 0 saturated carbocycles. The van der Waals surface area contributed by atoms with Gasteiger partial charge in [-0.1, -0.05) is 31.5 Å². The van der Waals surface area contributed by atoms with Gasteiger partial charge in [0.2, 0.25) is 5.91 Å². The first-order valence-electron chi connectivity index (χ1n) is 4.90. The number of amides is 1. The van der Waals surface area contributed by atoms with Crippen molar-refractivity contribution in [1.82, 2.24) is 0 Å². The third kappa shape index (κ3) is 2.59. The van der Waals surface area contributed by atoms with Crippen molar-refractivity contribution in [2.24, 2.45) is 11.7 Å². The van der Waals surface area contributed by atoms with Crippen molar-refractivity contribution in [3.05, 3.63) is 34.9 Å². The van der Waals surface area contributed by atoms with Crippen LogP contribution in [0.4, 0.5) is 0 Å². The normalized spacial score (nSPS) is 10.6. The monoisotopic (exact) mass is 191 g/mol. The van der Waals surface area contributed by atoms with Gasteiger partial charge in [-0.3, -0.25) is 4.79 Å². The van der Waals surface area contributed by atoms with Gasteiger partial charge in [-0.25, -0.2) is 0 Å². The fraction of sp³-hybridized carbons (Fsp3) is 0.417. The zero-order valence-electron chi connectivity index (χ0n) is 9.00. The molecule has 1 amide bonds. The van der Waals surface area contributed by atoms with Crippen LogP contribution in [0.5, 0.6) is 0 Å². The minimum absolute atomic E-state index is 0.329. The lowest BCUT2D eigenvalue weighted by atomic mass is 9.96. The van der Waals surface area contributed by atoms with Gasteiger partial charge in [-0.05, 0) is 30.9 Å². The third-order valence-electron chi connectivity index (χ3n) is 2.16. The molecular weight excluding hydrogens is 174 g/mol. The van der Waals surface area contributed by atoms with E-state index in [4.69, 9.17) is 5.73 Å². The molecule has 14 heavy (non-hydrogen) atoms. The van der Waals surface area contributed by atoms with Crippen LogP contribution in [0.2, 0.25) is 0 Å². The van der Waals surface area contributed by atoms with E-state index in [0.29, 0.717) is 11.5 Å². The van der Waals surface area contributed by atoms with Crippen LogP contribution in [0, 0.1) is 12.8 Å². The minimum atomic E-state index is -0.329. The molecule has 1 rings (SSSR count). The summed E-state index contributed by atoms with van der Waals surface area (Å²) >= 11 is 0. The molecule has 2 N–H and O–H groups in total. The predicted molar refractivity (Wildman–Crippen MR) is 58.2 cm³/mol. The van der Waals surface area contributed by atoms with Gasteiger partial charge in [0.05, 0.1) is 0 Å². The molecule has 0 aliphatic rings. The topological polar surface area (TPSA) is 43.1 Å². The van der Waals surface area contributed by atoms with Crippen molar-refractivity contribution in [1.29, 1.82) is 0 Å². The number of hydrogen-bond donors (Lipinski definition) is 1. The van der Waals surface area contributed by atoms with E-state index >= 15 is 0 Å². The van der Waals surface area contributed by atoms with Crippen LogP contribution in [0.25, 0.3) is 0 Å². The molecule has 0 aliphatic heterocycles. The summed E-state index contributed by atoms with van der Waals surface area (Å²) < 4.78 is 0. The Morgan fingerprint density at radius 1 is 1.43 bits per heavy atom. The van der Waals surface area contributed by atoms with Gasteiger partial charge in [0.1, 0.15) is 0 Å². The van der Waals surface area contributed by atoms with Gasteiger partial charge < -0.3 is 5.73 Å². The largest absolute Gasteiger partial charge is 0.366 e. The van der Waals surface area contributed by atoms with Gasteiger partial charge in [0.25, 0.3) is 0 Å². The number of nitrogens with two attached hydrogens (primary N) is 1. The van der Waals surface area contributed by atoms with E-state index in [9.17, 15) is 4.79 Å². The molecule has 0 aliphatic carbocycles. The minimum Gasteiger partial charge on any atom is -0.366 e. The molecule has 1 aromatic carbocycles. The third-order valence-corrected chi connectivity index (χ3v) is 2.16. The van der Waals surface area contributed by atoms with Crippen LogP contribution in [0.15, 0.2) is 18.2 Å². The summed E-state index contributed by atoms with van der Waals surface area (Å²) in [6, 6.07) is 5.87. The second-order valence-electron chi connectivity index (χ2n) is 4.12. The Hall–Kier alpha value is -1.31. The SMILES string of the molecule is Cc1ccc(CC(C)C)c(C(N)=O)c1. The zero-order chi connectivity index (χ0) is 10.7.